The van der Waals surface area contributed by atoms with E-state index in [-0.39, 0.29) is 0 Å². The van der Waals surface area contributed by atoms with E-state index in [2.05, 4.69) is 34.1 Å². The summed E-state index contributed by atoms with van der Waals surface area (Å²) in [6.07, 6.45) is 2.38. The number of rotatable bonds is 3. The van der Waals surface area contributed by atoms with Gasteiger partial charge in [-0.05, 0) is 36.9 Å². The third-order valence-electron chi connectivity index (χ3n) is 3.32. The largest absolute Gasteiger partial charge is 0.381 e. The smallest absolute Gasteiger partial charge is 0.0500 e. The van der Waals surface area contributed by atoms with Crippen molar-refractivity contribution in [1.29, 1.82) is 0 Å². The van der Waals surface area contributed by atoms with Crippen LogP contribution < -0.4 is 5.73 Å². The van der Waals surface area contributed by atoms with Crippen LogP contribution in [0, 0.1) is 5.92 Å². The molecular weight excluding hydrogens is 266 g/mol. The molecule has 3 heteroatoms. The number of ether oxygens (including phenoxy) is 1. The van der Waals surface area contributed by atoms with Gasteiger partial charge in [-0.1, -0.05) is 34.1 Å². The molecule has 16 heavy (non-hydrogen) atoms. The molecule has 0 aromatic heterocycles. The van der Waals surface area contributed by atoms with Gasteiger partial charge in [-0.25, -0.2) is 0 Å². The Labute approximate surface area is 105 Å². The highest BCUT2D eigenvalue weighted by molar-refractivity contribution is 9.10. The summed E-state index contributed by atoms with van der Waals surface area (Å²) in [5.74, 6) is 0.980. The van der Waals surface area contributed by atoms with Crippen LogP contribution in [0.25, 0.3) is 0 Å². The molecule has 1 aliphatic rings. The normalized spacial score (nSPS) is 23.0. The van der Waals surface area contributed by atoms with Crippen LogP contribution in [0.3, 0.4) is 0 Å². The van der Waals surface area contributed by atoms with Crippen LogP contribution in [0.2, 0.25) is 0 Å². The predicted octanol–water partition coefficient (Wildman–Crippen LogP) is 2.92. The van der Waals surface area contributed by atoms with Crippen LogP contribution in [0.15, 0.2) is 28.7 Å². The van der Waals surface area contributed by atoms with Gasteiger partial charge >= 0.3 is 0 Å². The maximum Gasteiger partial charge on any atom is 0.0500 e. The molecule has 1 aromatic rings. The first kappa shape index (κ1) is 12.1. The SMILES string of the molecule is NCC(c1ccccc1Br)C1CCCOC1. The molecule has 0 saturated carbocycles. The third-order valence-corrected chi connectivity index (χ3v) is 4.05. The van der Waals surface area contributed by atoms with Crippen molar-refractivity contribution in [2.45, 2.75) is 18.8 Å². The first-order valence-electron chi connectivity index (χ1n) is 5.85. The molecule has 1 heterocycles. The molecule has 2 unspecified atom stereocenters. The van der Waals surface area contributed by atoms with Gasteiger partial charge in [-0.15, -0.1) is 0 Å². The van der Waals surface area contributed by atoms with Gasteiger partial charge < -0.3 is 10.5 Å². The summed E-state index contributed by atoms with van der Waals surface area (Å²) in [5.41, 5.74) is 7.25. The maximum atomic E-state index is 5.93. The highest BCUT2D eigenvalue weighted by Gasteiger charge is 2.25. The van der Waals surface area contributed by atoms with Crippen molar-refractivity contribution in [3.63, 3.8) is 0 Å². The fraction of sp³-hybridized carbons (Fsp3) is 0.538. The number of hydrogen-bond acceptors (Lipinski definition) is 2. The topological polar surface area (TPSA) is 35.2 Å². The van der Waals surface area contributed by atoms with Crippen molar-refractivity contribution >= 4 is 15.9 Å². The van der Waals surface area contributed by atoms with Crippen LogP contribution in [-0.2, 0) is 4.74 Å². The van der Waals surface area contributed by atoms with Gasteiger partial charge in [-0.3, -0.25) is 0 Å². The molecule has 2 rings (SSSR count). The summed E-state index contributed by atoms with van der Waals surface area (Å²) >= 11 is 3.61. The Morgan fingerprint density at radius 2 is 2.25 bits per heavy atom. The quantitative estimate of drug-likeness (QED) is 0.926. The molecule has 2 atom stereocenters. The Hall–Kier alpha value is -0.380. The van der Waals surface area contributed by atoms with Crippen molar-refractivity contribution < 1.29 is 4.74 Å². The van der Waals surface area contributed by atoms with Crippen LogP contribution >= 0.6 is 15.9 Å². The van der Waals surface area contributed by atoms with Gasteiger partial charge in [0.25, 0.3) is 0 Å². The molecule has 88 valence electrons. The highest BCUT2D eigenvalue weighted by atomic mass is 79.9. The monoisotopic (exact) mass is 283 g/mol. The van der Waals surface area contributed by atoms with Crippen molar-refractivity contribution in [1.82, 2.24) is 0 Å². The molecular formula is C13H18BrNO. The van der Waals surface area contributed by atoms with Gasteiger partial charge in [0.15, 0.2) is 0 Å². The van der Waals surface area contributed by atoms with E-state index in [0.29, 0.717) is 18.4 Å². The van der Waals surface area contributed by atoms with E-state index in [9.17, 15) is 0 Å². The lowest BCUT2D eigenvalue weighted by Crippen LogP contribution is -2.28. The Bertz CT molecular complexity index is 336. The molecule has 1 aromatic carbocycles. The molecule has 1 aliphatic heterocycles. The Kier molecular flexibility index (Phi) is 4.38. The fourth-order valence-electron chi connectivity index (χ4n) is 2.43. The minimum Gasteiger partial charge on any atom is -0.381 e. The second kappa shape index (κ2) is 5.80. The van der Waals surface area contributed by atoms with Crippen molar-refractivity contribution in [3.05, 3.63) is 34.3 Å². The van der Waals surface area contributed by atoms with Crippen molar-refractivity contribution in [2.75, 3.05) is 19.8 Å². The summed E-state index contributed by atoms with van der Waals surface area (Å²) in [7, 11) is 0. The molecule has 0 aliphatic carbocycles. The van der Waals surface area contributed by atoms with Crippen LogP contribution in [-0.4, -0.2) is 19.8 Å². The summed E-state index contributed by atoms with van der Waals surface area (Å²) in [5, 5.41) is 0. The number of nitrogens with two attached hydrogens (primary N) is 1. The van der Waals surface area contributed by atoms with Gasteiger partial charge in [0, 0.05) is 17.0 Å². The van der Waals surface area contributed by atoms with Gasteiger partial charge in [-0.2, -0.15) is 0 Å². The second-order valence-corrected chi connectivity index (χ2v) is 5.20. The number of benzene rings is 1. The summed E-state index contributed by atoms with van der Waals surface area (Å²) in [6.45, 7) is 2.45. The second-order valence-electron chi connectivity index (χ2n) is 4.34. The highest BCUT2D eigenvalue weighted by Crippen LogP contribution is 2.33. The summed E-state index contributed by atoms with van der Waals surface area (Å²) in [6, 6.07) is 8.36. The summed E-state index contributed by atoms with van der Waals surface area (Å²) in [4.78, 5) is 0. The zero-order valence-corrected chi connectivity index (χ0v) is 10.9. The standard InChI is InChI=1S/C13H18BrNO/c14-13-6-2-1-5-11(13)12(8-15)10-4-3-7-16-9-10/h1-2,5-6,10,12H,3-4,7-9,15H2. The van der Waals surface area contributed by atoms with Gasteiger partial charge in [0.05, 0.1) is 6.61 Å². The fourth-order valence-corrected chi connectivity index (χ4v) is 3.01. The van der Waals surface area contributed by atoms with Crippen molar-refractivity contribution in [2.24, 2.45) is 11.7 Å². The molecule has 0 spiro atoms. The number of halogens is 1. The molecule has 0 bridgehead atoms. The van der Waals surface area contributed by atoms with E-state index < -0.39 is 0 Å². The first-order chi connectivity index (χ1) is 7.83. The molecule has 2 N–H and O–H groups in total. The van der Waals surface area contributed by atoms with E-state index >= 15 is 0 Å². The predicted molar refractivity (Wildman–Crippen MR) is 69.5 cm³/mol. The lowest BCUT2D eigenvalue weighted by Gasteiger charge is -2.30. The number of hydrogen-bond donors (Lipinski definition) is 1. The average Bonchev–Trinajstić information content (AvgIpc) is 2.34. The third kappa shape index (κ3) is 2.65. The lowest BCUT2D eigenvalue weighted by atomic mass is 9.83. The molecule has 0 radical (unpaired) electrons. The van der Waals surface area contributed by atoms with E-state index in [4.69, 9.17) is 10.5 Å². The summed E-state index contributed by atoms with van der Waals surface area (Å²) < 4.78 is 6.72. The van der Waals surface area contributed by atoms with E-state index in [1.54, 1.807) is 0 Å². The van der Waals surface area contributed by atoms with Crippen LogP contribution in [0.4, 0.5) is 0 Å². The van der Waals surface area contributed by atoms with Gasteiger partial charge in [0.2, 0.25) is 0 Å². The zero-order valence-electron chi connectivity index (χ0n) is 9.36. The van der Waals surface area contributed by atoms with Crippen LogP contribution in [0.1, 0.15) is 24.3 Å². The molecule has 0 amide bonds. The molecule has 1 fully saturated rings. The zero-order chi connectivity index (χ0) is 11.4. The minimum atomic E-state index is 0.413. The van der Waals surface area contributed by atoms with Crippen molar-refractivity contribution in [3.8, 4) is 0 Å². The van der Waals surface area contributed by atoms with Crippen LogP contribution in [0.5, 0.6) is 0 Å². The lowest BCUT2D eigenvalue weighted by molar-refractivity contribution is 0.0449. The molecule has 1 saturated heterocycles. The Morgan fingerprint density at radius 1 is 1.44 bits per heavy atom. The first-order valence-corrected chi connectivity index (χ1v) is 6.64. The molecule has 2 nitrogen and oxygen atoms in total. The Morgan fingerprint density at radius 3 is 2.88 bits per heavy atom. The average molecular weight is 284 g/mol. The maximum absolute atomic E-state index is 5.93. The van der Waals surface area contributed by atoms with E-state index in [1.807, 2.05) is 6.07 Å². The van der Waals surface area contributed by atoms with E-state index in [0.717, 1.165) is 24.1 Å². The van der Waals surface area contributed by atoms with E-state index in [1.165, 1.54) is 12.0 Å². The Balaban J connectivity index is 2.18. The van der Waals surface area contributed by atoms with Gasteiger partial charge in [0.1, 0.15) is 0 Å². The minimum absolute atomic E-state index is 0.413.